The zero-order valence-corrected chi connectivity index (χ0v) is 18.9. The van der Waals surface area contributed by atoms with Crippen molar-refractivity contribution in [1.82, 2.24) is 4.90 Å². The Morgan fingerprint density at radius 3 is 2.58 bits per heavy atom. The van der Waals surface area contributed by atoms with Gasteiger partial charge in [-0.05, 0) is 53.7 Å². The summed E-state index contributed by atoms with van der Waals surface area (Å²) in [5.74, 6) is -0.887. The molecule has 0 atom stereocenters. The van der Waals surface area contributed by atoms with Gasteiger partial charge in [0.25, 0.3) is 5.91 Å². The highest BCUT2D eigenvalue weighted by atomic mass is 32.2. The molecule has 0 aliphatic carbocycles. The van der Waals surface area contributed by atoms with Gasteiger partial charge < -0.3 is 19.5 Å². The van der Waals surface area contributed by atoms with Crippen molar-refractivity contribution in [2.24, 2.45) is 4.99 Å². The first-order valence-electron chi connectivity index (χ1n) is 10.1. The minimum Gasteiger partial charge on any atom is -0.500 e. The zero-order chi connectivity index (χ0) is 23.5. The lowest BCUT2D eigenvalue weighted by molar-refractivity contribution is -0.386. The molecular formula is C22H22N4O6S. The number of methoxy groups -OCH3 is 1. The minimum atomic E-state index is -0.705. The number of aromatic hydroxyl groups is 1. The number of amides is 1. The molecule has 1 N–H and O–H groups in total. The number of benzene rings is 2. The third-order valence-electron chi connectivity index (χ3n) is 5.25. The number of nitro benzene ring substituents is 1. The summed E-state index contributed by atoms with van der Waals surface area (Å²) in [6, 6.07) is 10.4. The number of aliphatic imine (C=N–C) groups is 1. The molecule has 2 fully saturated rings. The maximum absolute atomic E-state index is 12.7. The van der Waals surface area contributed by atoms with Gasteiger partial charge in [-0.3, -0.25) is 19.8 Å². The second-order valence-electron chi connectivity index (χ2n) is 7.33. The van der Waals surface area contributed by atoms with Gasteiger partial charge in [0.2, 0.25) is 5.75 Å². The molecule has 172 valence electrons. The van der Waals surface area contributed by atoms with E-state index in [-0.39, 0.29) is 11.7 Å². The highest BCUT2D eigenvalue weighted by Gasteiger charge is 2.31. The molecule has 0 aromatic heterocycles. The summed E-state index contributed by atoms with van der Waals surface area (Å²) in [5.41, 5.74) is 1.66. The normalized spacial score (nSPS) is 18.9. The number of rotatable bonds is 5. The predicted octanol–water partition coefficient (Wildman–Crippen LogP) is 3.38. The summed E-state index contributed by atoms with van der Waals surface area (Å²) < 4.78 is 10.4. The van der Waals surface area contributed by atoms with Crippen molar-refractivity contribution in [2.75, 3.05) is 45.4 Å². The number of carbonyl (C=O) groups excluding carboxylic acids is 1. The van der Waals surface area contributed by atoms with Gasteiger partial charge >= 0.3 is 5.69 Å². The lowest BCUT2D eigenvalue weighted by atomic mass is 10.1. The van der Waals surface area contributed by atoms with Crippen LogP contribution in [0.5, 0.6) is 11.5 Å². The second kappa shape index (κ2) is 9.51. The Bertz CT molecular complexity index is 1140. The van der Waals surface area contributed by atoms with Crippen LogP contribution in [0.25, 0.3) is 6.08 Å². The first-order valence-corrected chi connectivity index (χ1v) is 10.9. The van der Waals surface area contributed by atoms with E-state index < -0.39 is 16.4 Å². The number of anilines is 1. The lowest BCUT2D eigenvalue weighted by Crippen LogP contribution is -2.36. The van der Waals surface area contributed by atoms with Crippen LogP contribution in [0.15, 0.2) is 46.3 Å². The summed E-state index contributed by atoms with van der Waals surface area (Å²) in [4.78, 5) is 31.9. The predicted molar refractivity (Wildman–Crippen MR) is 126 cm³/mol. The van der Waals surface area contributed by atoms with E-state index in [0.29, 0.717) is 34.5 Å². The van der Waals surface area contributed by atoms with E-state index in [1.165, 1.54) is 42.0 Å². The van der Waals surface area contributed by atoms with Crippen LogP contribution < -0.4 is 9.64 Å². The molecule has 0 spiro atoms. The van der Waals surface area contributed by atoms with Crippen LogP contribution >= 0.6 is 11.8 Å². The average Bonchev–Trinajstić information content (AvgIpc) is 3.08. The fourth-order valence-electron chi connectivity index (χ4n) is 3.46. The molecule has 2 aromatic rings. The number of morpholine rings is 1. The largest absolute Gasteiger partial charge is 0.500 e. The Morgan fingerprint density at radius 2 is 1.94 bits per heavy atom. The van der Waals surface area contributed by atoms with Crippen molar-refractivity contribution in [3.8, 4) is 11.5 Å². The topological polar surface area (TPSA) is 118 Å². The number of carbonyl (C=O) groups is 1. The molecule has 4 rings (SSSR count). The molecule has 2 aromatic carbocycles. The minimum absolute atomic E-state index is 0.0471. The Labute approximate surface area is 194 Å². The fraction of sp³-hybridized carbons (Fsp3) is 0.273. The molecule has 0 unspecified atom stereocenters. The zero-order valence-electron chi connectivity index (χ0n) is 18.1. The number of hydrogen-bond acceptors (Lipinski definition) is 9. The van der Waals surface area contributed by atoms with Crippen LogP contribution in [-0.4, -0.2) is 66.5 Å². The number of amidine groups is 1. The van der Waals surface area contributed by atoms with E-state index in [2.05, 4.69) is 9.89 Å². The van der Waals surface area contributed by atoms with Crippen LogP contribution in [0.4, 0.5) is 17.1 Å². The molecule has 10 nitrogen and oxygen atoms in total. The number of ether oxygens (including phenoxy) is 2. The Kier molecular flexibility index (Phi) is 6.52. The maximum Gasteiger partial charge on any atom is 0.315 e. The number of phenols is 1. The number of thioether (sulfide) groups is 1. The van der Waals surface area contributed by atoms with Gasteiger partial charge in [0, 0.05) is 31.9 Å². The summed E-state index contributed by atoms with van der Waals surface area (Å²) in [5, 5.41) is 21.7. The maximum atomic E-state index is 12.7. The molecule has 11 heteroatoms. The van der Waals surface area contributed by atoms with E-state index in [1.807, 2.05) is 24.3 Å². The first kappa shape index (κ1) is 22.6. The number of nitrogens with zero attached hydrogens (tertiary/aromatic N) is 4. The molecule has 0 bridgehead atoms. The van der Waals surface area contributed by atoms with Crippen LogP contribution in [0, 0.1) is 10.1 Å². The van der Waals surface area contributed by atoms with Gasteiger partial charge in [0.1, 0.15) is 0 Å². The van der Waals surface area contributed by atoms with Gasteiger partial charge in [-0.25, -0.2) is 4.99 Å². The molecular weight excluding hydrogens is 448 g/mol. The standard InChI is InChI=1S/C22H22N4O6S/c1-24-21(28)19(13-14-11-17(26(29)30)20(27)18(12-14)31-2)33-22(24)23-15-3-5-16(6-4-15)25-7-9-32-10-8-25/h3-6,11-13,27H,7-10H2,1-2H3/b19-13-,23-22?. The van der Waals surface area contributed by atoms with E-state index in [0.717, 1.165) is 18.8 Å². The van der Waals surface area contributed by atoms with Crippen molar-refractivity contribution in [3.63, 3.8) is 0 Å². The Hall–Kier alpha value is -3.57. The van der Waals surface area contributed by atoms with E-state index in [1.54, 1.807) is 7.05 Å². The number of nitro groups is 1. The molecule has 2 saturated heterocycles. The summed E-state index contributed by atoms with van der Waals surface area (Å²) in [7, 11) is 2.92. The van der Waals surface area contributed by atoms with Crippen molar-refractivity contribution >= 4 is 46.0 Å². The van der Waals surface area contributed by atoms with Crippen LogP contribution in [-0.2, 0) is 9.53 Å². The van der Waals surface area contributed by atoms with E-state index in [9.17, 15) is 20.0 Å². The van der Waals surface area contributed by atoms with Gasteiger partial charge in [-0.2, -0.15) is 0 Å². The second-order valence-corrected chi connectivity index (χ2v) is 8.34. The van der Waals surface area contributed by atoms with Crippen molar-refractivity contribution in [3.05, 3.63) is 57.0 Å². The van der Waals surface area contributed by atoms with E-state index in [4.69, 9.17) is 9.47 Å². The highest BCUT2D eigenvalue weighted by molar-refractivity contribution is 8.18. The Balaban J connectivity index is 1.57. The van der Waals surface area contributed by atoms with Crippen LogP contribution in [0.3, 0.4) is 0 Å². The molecule has 33 heavy (non-hydrogen) atoms. The van der Waals surface area contributed by atoms with Crippen molar-refractivity contribution in [2.45, 2.75) is 0 Å². The van der Waals surface area contributed by atoms with Gasteiger partial charge in [-0.1, -0.05) is 0 Å². The van der Waals surface area contributed by atoms with Crippen molar-refractivity contribution < 1.29 is 24.3 Å². The van der Waals surface area contributed by atoms with Gasteiger partial charge in [0.05, 0.1) is 35.8 Å². The fourth-order valence-corrected chi connectivity index (χ4v) is 4.45. The number of hydrogen-bond donors (Lipinski definition) is 1. The smallest absolute Gasteiger partial charge is 0.315 e. The first-order chi connectivity index (χ1) is 15.9. The van der Waals surface area contributed by atoms with Crippen LogP contribution in [0.1, 0.15) is 5.56 Å². The number of phenolic OH excluding ortho intramolecular Hbond substituents is 1. The molecule has 2 aliphatic heterocycles. The molecule has 2 heterocycles. The third-order valence-corrected chi connectivity index (χ3v) is 6.31. The summed E-state index contributed by atoms with van der Waals surface area (Å²) in [6.07, 6.45) is 1.52. The van der Waals surface area contributed by atoms with E-state index >= 15 is 0 Å². The average molecular weight is 471 g/mol. The monoisotopic (exact) mass is 470 g/mol. The number of likely N-dealkylation sites (N-methyl/N-ethyl adjacent to an activating group) is 1. The van der Waals surface area contributed by atoms with Crippen molar-refractivity contribution in [1.29, 1.82) is 0 Å². The highest BCUT2D eigenvalue weighted by Crippen LogP contribution is 2.39. The molecule has 0 saturated carbocycles. The Morgan fingerprint density at radius 1 is 1.24 bits per heavy atom. The molecule has 1 amide bonds. The molecule has 2 aliphatic rings. The lowest BCUT2D eigenvalue weighted by Gasteiger charge is -2.28. The third kappa shape index (κ3) is 4.78. The SMILES string of the molecule is COc1cc(/C=C2\SC(=Nc3ccc(N4CCOCC4)cc3)N(C)C2=O)cc([N+](=O)[O-])c1O. The van der Waals surface area contributed by atoms with Crippen LogP contribution in [0.2, 0.25) is 0 Å². The van der Waals surface area contributed by atoms with Gasteiger partial charge in [-0.15, -0.1) is 0 Å². The van der Waals surface area contributed by atoms with Gasteiger partial charge in [0.15, 0.2) is 10.9 Å². The molecule has 0 radical (unpaired) electrons. The summed E-state index contributed by atoms with van der Waals surface area (Å²) in [6.45, 7) is 3.10. The quantitative estimate of drug-likeness (QED) is 0.401. The summed E-state index contributed by atoms with van der Waals surface area (Å²) >= 11 is 1.17.